The highest BCUT2D eigenvalue weighted by atomic mass is 16.2. The Balaban J connectivity index is 1.24. The van der Waals surface area contributed by atoms with Crippen LogP contribution < -0.4 is 10.6 Å². The van der Waals surface area contributed by atoms with Crippen molar-refractivity contribution in [1.82, 2.24) is 10.2 Å². The van der Waals surface area contributed by atoms with Crippen LogP contribution in [0.4, 0.5) is 11.4 Å². The first kappa shape index (κ1) is 24.9. The number of carbonyl (C=O) groups is 2. The number of benzene rings is 3. The molecule has 2 amide bonds. The first-order chi connectivity index (χ1) is 18.1. The fourth-order valence-electron chi connectivity index (χ4n) is 5.15. The maximum Gasteiger partial charge on any atom is 0.251 e. The molecule has 2 aliphatic heterocycles. The molecule has 0 saturated carbocycles. The topological polar surface area (TPSA) is 73.8 Å². The van der Waals surface area contributed by atoms with Gasteiger partial charge in [-0.3, -0.25) is 19.5 Å². The van der Waals surface area contributed by atoms with Crippen LogP contribution in [0.3, 0.4) is 0 Å². The van der Waals surface area contributed by atoms with Gasteiger partial charge in [0.05, 0.1) is 11.7 Å². The Hall–Kier alpha value is -3.77. The Morgan fingerprint density at radius 2 is 1.81 bits per heavy atom. The predicted octanol–water partition coefficient (Wildman–Crippen LogP) is 5.99. The molecule has 1 fully saturated rings. The van der Waals surface area contributed by atoms with E-state index in [1.165, 1.54) is 37.9 Å². The number of nitrogens with zero attached hydrogens (tertiary/aromatic N) is 2. The molecule has 2 N–H and O–H groups in total. The summed E-state index contributed by atoms with van der Waals surface area (Å²) < 4.78 is 0. The highest BCUT2D eigenvalue weighted by Crippen LogP contribution is 2.33. The number of anilines is 1. The van der Waals surface area contributed by atoms with Crippen molar-refractivity contribution in [2.45, 2.75) is 51.1 Å². The Bertz CT molecular complexity index is 1260. The van der Waals surface area contributed by atoms with Crippen LogP contribution in [-0.4, -0.2) is 36.0 Å². The van der Waals surface area contributed by atoms with Crippen molar-refractivity contribution < 1.29 is 9.59 Å². The van der Waals surface area contributed by atoms with Crippen LogP contribution in [0.5, 0.6) is 0 Å². The molecular formula is C31H34N4O2. The third kappa shape index (κ3) is 5.97. The molecule has 0 spiro atoms. The van der Waals surface area contributed by atoms with Crippen molar-refractivity contribution in [3.63, 3.8) is 0 Å². The molecule has 1 saturated heterocycles. The lowest BCUT2D eigenvalue weighted by molar-refractivity contribution is -0.115. The third-order valence-electron chi connectivity index (χ3n) is 7.27. The number of rotatable bonds is 8. The van der Waals surface area contributed by atoms with Gasteiger partial charge in [-0.1, -0.05) is 61.9 Å². The van der Waals surface area contributed by atoms with Gasteiger partial charge in [0.25, 0.3) is 5.91 Å². The Morgan fingerprint density at radius 1 is 1.05 bits per heavy atom. The van der Waals surface area contributed by atoms with Crippen molar-refractivity contribution in [3.8, 4) is 0 Å². The largest absolute Gasteiger partial charge is 0.345 e. The van der Waals surface area contributed by atoms with Crippen molar-refractivity contribution in [1.29, 1.82) is 0 Å². The SMILES string of the molecule is CCC(NC(=O)c1ccc2c(c1)NC(=O)C2C=Nc1ccc(CN2CCCCC2)cc1)c1ccccc1. The molecule has 6 heteroatoms. The van der Waals surface area contributed by atoms with Gasteiger partial charge < -0.3 is 10.6 Å². The molecule has 2 unspecified atom stereocenters. The van der Waals surface area contributed by atoms with Gasteiger partial charge >= 0.3 is 0 Å². The Kier molecular flexibility index (Phi) is 7.76. The average Bonchev–Trinajstić information content (AvgIpc) is 3.26. The van der Waals surface area contributed by atoms with E-state index >= 15 is 0 Å². The zero-order valence-corrected chi connectivity index (χ0v) is 21.3. The minimum Gasteiger partial charge on any atom is -0.345 e. The summed E-state index contributed by atoms with van der Waals surface area (Å²) in [5.41, 5.74) is 5.21. The van der Waals surface area contributed by atoms with Crippen molar-refractivity contribution in [3.05, 3.63) is 95.1 Å². The van der Waals surface area contributed by atoms with E-state index in [0.29, 0.717) is 11.3 Å². The van der Waals surface area contributed by atoms with Crippen molar-refractivity contribution >= 4 is 29.4 Å². The highest BCUT2D eigenvalue weighted by Gasteiger charge is 2.30. The Morgan fingerprint density at radius 3 is 2.54 bits per heavy atom. The summed E-state index contributed by atoms with van der Waals surface area (Å²) in [5, 5.41) is 6.03. The summed E-state index contributed by atoms with van der Waals surface area (Å²) in [6, 6.07) is 23.5. The van der Waals surface area contributed by atoms with Crippen molar-refractivity contribution in [2.75, 3.05) is 18.4 Å². The van der Waals surface area contributed by atoms with Gasteiger partial charge in [-0.25, -0.2) is 0 Å². The summed E-state index contributed by atoms with van der Waals surface area (Å²) >= 11 is 0. The van der Waals surface area contributed by atoms with Crippen LogP contribution in [0.25, 0.3) is 0 Å². The molecule has 2 heterocycles. The van der Waals surface area contributed by atoms with Gasteiger partial charge in [-0.2, -0.15) is 0 Å². The number of piperidine rings is 1. The zero-order valence-electron chi connectivity index (χ0n) is 21.3. The average molecular weight is 495 g/mol. The first-order valence-corrected chi connectivity index (χ1v) is 13.3. The van der Waals surface area contributed by atoms with Crippen LogP contribution in [0.15, 0.2) is 77.8 Å². The number of fused-ring (bicyclic) bond motifs is 1. The highest BCUT2D eigenvalue weighted by molar-refractivity contribution is 6.13. The van der Waals surface area contributed by atoms with Crippen LogP contribution in [0.2, 0.25) is 0 Å². The molecule has 5 rings (SSSR count). The van der Waals surface area contributed by atoms with E-state index in [1.54, 1.807) is 18.3 Å². The van der Waals surface area contributed by atoms with E-state index in [4.69, 9.17) is 0 Å². The molecule has 6 nitrogen and oxygen atoms in total. The quantitative estimate of drug-likeness (QED) is 0.378. The van der Waals surface area contributed by atoms with E-state index in [2.05, 4.69) is 32.7 Å². The van der Waals surface area contributed by atoms with Crippen molar-refractivity contribution in [2.24, 2.45) is 4.99 Å². The monoisotopic (exact) mass is 494 g/mol. The lowest BCUT2D eigenvalue weighted by Gasteiger charge is -2.26. The fraction of sp³-hybridized carbons (Fsp3) is 0.323. The maximum absolute atomic E-state index is 13.0. The van der Waals surface area contributed by atoms with E-state index in [0.717, 1.165) is 29.8 Å². The molecule has 0 aromatic heterocycles. The van der Waals surface area contributed by atoms with Gasteiger partial charge in [0.15, 0.2) is 0 Å². The second kappa shape index (κ2) is 11.5. The molecule has 37 heavy (non-hydrogen) atoms. The lowest BCUT2D eigenvalue weighted by atomic mass is 9.99. The number of hydrogen-bond donors (Lipinski definition) is 2. The molecule has 3 aromatic rings. The van der Waals surface area contributed by atoms with E-state index in [-0.39, 0.29) is 17.9 Å². The van der Waals surface area contributed by atoms with Gasteiger partial charge in [-0.05, 0) is 73.3 Å². The van der Waals surface area contributed by atoms with Crippen LogP contribution in [0.1, 0.15) is 71.6 Å². The molecule has 2 atom stereocenters. The molecule has 3 aromatic carbocycles. The predicted molar refractivity (Wildman–Crippen MR) is 148 cm³/mol. The second-order valence-corrected chi connectivity index (χ2v) is 9.90. The first-order valence-electron chi connectivity index (χ1n) is 13.3. The van der Waals surface area contributed by atoms with E-state index < -0.39 is 5.92 Å². The summed E-state index contributed by atoms with van der Waals surface area (Å²) in [4.78, 5) is 32.8. The minimum absolute atomic E-state index is 0.0670. The molecule has 0 radical (unpaired) electrons. The summed E-state index contributed by atoms with van der Waals surface area (Å²) in [6.07, 6.45) is 6.39. The number of likely N-dealkylation sites (tertiary alicyclic amines) is 1. The fourth-order valence-corrected chi connectivity index (χ4v) is 5.15. The molecule has 0 aliphatic carbocycles. The zero-order chi connectivity index (χ0) is 25.6. The normalized spacial score (nSPS) is 18.4. The minimum atomic E-state index is -0.479. The maximum atomic E-state index is 13.0. The van der Waals surface area contributed by atoms with E-state index in [9.17, 15) is 9.59 Å². The van der Waals surface area contributed by atoms with Gasteiger partial charge in [-0.15, -0.1) is 0 Å². The molecular weight excluding hydrogens is 460 g/mol. The van der Waals surface area contributed by atoms with Gasteiger partial charge in [0.2, 0.25) is 5.91 Å². The number of aliphatic imine (C=N–C) groups is 1. The summed E-state index contributed by atoms with van der Waals surface area (Å²) in [7, 11) is 0. The van der Waals surface area contributed by atoms with Crippen LogP contribution in [-0.2, 0) is 11.3 Å². The number of amides is 2. The number of nitrogens with one attached hydrogen (secondary N) is 2. The molecule has 2 aliphatic rings. The number of carbonyl (C=O) groups excluding carboxylic acids is 2. The van der Waals surface area contributed by atoms with Crippen LogP contribution in [0, 0.1) is 0 Å². The Labute approximate surface area is 218 Å². The van der Waals surface area contributed by atoms with Gasteiger partial charge in [0, 0.05) is 24.0 Å². The van der Waals surface area contributed by atoms with Crippen LogP contribution >= 0.6 is 0 Å². The van der Waals surface area contributed by atoms with E-state index in [1.807, 2.05) is 55.5 Å². The number of hydrogen-bond acceptors (Lipinski definition) is 4. The smallest absolute Gasteiger partial charge is 0.251 e. The lowest BCUT2D eigenvalue weighted by Crippen LogP contribution is -2.28. The summed E-state index contributed by atoms with van der Waals surface area (Å²) in [5.74, 6) is -0.767. The molecule has 190 valence electrons. The molecule has 0 bridgehead atoms. The second-order valence-electron chi connectivity index (χ2n) is 9.90. The summed E-state index contributed by atoms with van der Waals surface area (Å²) in [6.45, 7) is 5.37. The van der Waals surface area contributed by atoms with Gasteiger partial charge in [0.1, 0.15) is 5.92 Å². The third-order valence-corrected chi connectivity index (χ3v) is 7.27. The standard InChI is InChI=1S/C31H34N4O2/c1-2-28(23-9-5-3-6-10-23)33-30(36)24-13-16-26-27(31(37)34-29(26)19-24)20-32-25-14-11-22(12-15-25)21-35-17-7-4-8-18-35/h3,5-6,9-16,19-20,27-28H,2,4,7-8,17-18,21H2,1H3,(H,33,36)(H,34,37).